The predicted molar refractivity (Wildman–Crippen MR) is 111 cm³/mol. The summed E-state index contributed by atoms with van der Waals surface area (Å²) in [5.41, 5.74) is 2.97. The number of carbonyl (C=O) groups is 1. The van der Waals surface area contributed by atoms with Crippen molar-refractivity contribution < 1.29 is 4.79 Å². The summed E-state index contributed by atoms with van der Waals surface area (Å²) in [7, 11) is 0. The van der Waals surface area contributed by atoms with Gasteiger partial charge >= 0.3 is 0 Å². The molecule has 5 nitrogen and oxygen atoms in total. The Morgan fingerprint density at radius 3 is 2.63 bits per heavy atom. The second-order valence-electron chi connectivity index (χ2n) is 5.92. The van der Waals surface area contributed by atoms with Gasteiger partial charge in [0.1, 0.15) is 0 Å². The van der Waals surface area contributed by atoms with Gasteiger partial charge in [-0.3, -0.25) is 9.36 Å². The van der Waals surface area contributed by atoms with Crippen LogP contribution in [0.4, 0.5) is 5.69 Å². The van der Waals surface area contributed by atoms with Crippen LogP contribution in [0.2, 0.25) is 0 Å². The van der Waals surface area contributed by atoms with Gasteiger partial charge in [0, 0.05) is 17.8 Å². The van der Waals surface area contributed by atoms with Gasteiger partial charge in [-0.15, -0.1) is 16.8 Å². The number of thioether (sulfide) groups is 1. The molecular formula is C21H22N4OS. The molecule has 2 aromatic carbocycles. The average Bonchev–Trinajstić information content (AvgIpc) is 3.10. The molecule has 0 unspecified atom stereocenters. The highest BCUT2D eigenvalue weighted by Crippen LogP contribution is 2.24. The minimum Gasteiger partial charge on any atom is -0.325 e. The van der Waals surface area contributed by atoms with E-state index in [-0.39, 0.29) is 11.7 Å². The molecule has 0 spiro atoms. The van der Waals surface area contributed by atoms with E-state index >= 15 is 0 Å². The molecule has 0 radical (unpaired) electrons. The Morgan fingerprint density at radius 2 is 1.89 bits per heavy atom. The summed E-state index contributed by atoms with van der Waals surface area (Å²) >= 11 is 1.37. The van der Waals surface area contributed by atoms with Gasteiger partial charge in [-0.25, -0.2) is 0 Å². The smallest absolute Gasteiger partial charge is 0.234 e. The van der Waals surface area contributed by atoms with Crippen LogP contribution in [-0.4, -0.2) is 26.4 Å². The van der Waals surface area contributed by atoms with Gasteiger partial charge in [0.15, 0.2) is 11.0 Å². The molecule has 0 bridgehead atoms. The van der Waals surface area contributed by atoms with Crippen molar-refractivity contribution >= 4 is 23.4 Å². The lowest BCUT2D eigenvalue weighted by molar-refractivity contribution is -0.113. The molecule has 0 aliphatic heterocycles. The number of aryl methyl sites for hydroxylation is 1. The number of benzene rings is 2. The Morgan fingerprint density at radius 1 is 1.15 bits per heavy atom. The van der Waals surface area contributed by atoms with E-state index in [1.807, 2.05) is 59.2 Å². The summed E-state index contributed by atoms with van der Waals surface area (Å²) in [5.74, 6) is 0.979. The molecule has 6 heteroatoms. The maximum atomic E-state index is 12.4. The maximum Gasteiger partial charge on any atom is 0.234 e. The molecular weight excluding hydrogens is 356 g/mol. The minimum atomic E-state index is -0.0599. The van der Waals surface area contributed by atoms with Crippen LogP contribution in [0.25, 0.3) is 11.4 Å². The van der Waals surface area contributed by atoms with Crippen molar-refractivity contribution in [3.63, 3.8) is 0 Å². The molecule has 1 amide bonds. The van der Waals surface area contributed by atoms with Crippen LogP contribution >= 0.6 is 11.8 Å². The van der Waals surface area contributed by atoms with Gasteiger partial charge in [-0.2, -0.15) is 0 Å². The summed E-state index contributed by atoms with van der Waals surface area (Å²) < 4.78 is 1.97. The average molecular weight is 379 g/mol. The zero-order chi connectivity index (χ0) is 19.1. The zero-order valence-corrected chi connectivity index (χ0v) is 16.1. The fourth-order valence-electron chi connectivity index (χ4n) is 2.76. The number of hydrogen-bond donors (Lipinski definition) is 1. The number of aromatic nitrogens is 3. The van der Waals surface area contributed by atoms with Crippen molar-refractivity contribution in [2.24, 2.45) is 0 Å². The molecule has 3 rings (SSSR count). The molecule has 3 aromatic rings. The molecule has 27 heavy (non-hydrogen) atoms. The number of hydrogen-bond acceptors (Lipinski definition) is 4. The lowest BCUT2D eigenvalue weighted by Crippen LogP contribution is -2.15. The quantitative estimate of drug-likeness (QED) is 0.465. The van der Waals surface area contributed by atoms with Crippen molar-refractivity contribution in [1.29, 1.82) is 0 Å². The molecule has 0 aliphatic carbocycles. The van der Waals surface area contributed by atoms with E-state index in [0.717, 1.165) is 29.1 Å². The normalized spacial score (nSPS) is 10.6. The summed E-state index contributed by atoms with van der Waals surface area (Å²) in [6.07, 6.45) is 2.68. The standard InChI is InChI=1S/C21H22N4OS/c1-3-14-25-20(17-11-6-5-7-12-17)23-24-21(25)27-15-19(26)22-18-13-9-8-10-16(18)4-2/h3,5-13H,1,4,14-15H2,2H3,(H,22,26). The Kier molecular flexibility index (Phi) is 6.44. The largest absolute Gasteiger partial charge is 0.325 e. The topological polar surface area (TPSA) is 59.8 Å². The Balaban J connectivity index is 1.71. The molecule has 0 saturated carbocycles. The molecule has 1 N–H and O–H groups in total. The SMILES string of the molecule is C=CCn1c(SCC(=O)Nc2ccccc2CC)nnc1-c1ccccc1. The van der Waals surface area contributed by atoms with E-state index in [1.165, 1.54) is 11.8 Å². The number of amides is 1. The second kappa shape index (κ2) is 9.19. The van der Waals surface area contributed by atoms with E-state index in [9.17, 15) is 4.79 Å². The van der Waals surface area contributed by atoms with Crippen molar-refractivity contribution in [2.75, 3.05) is 11.1 Å². The van der Waals surface area contributed by atoms with Crippen LogP contribution in [0.15, 0.2) is 72.4 Å². The number of allylic oxidation sites excluding steroid dienone is 1. The zero-order valence-electron chi connectivity index (χ0n) is 15.3. The lowest BCUT2D eigenvalue weighted by atomic mass is 10.1. The monoisotopic (exact) mass is 378 g/mol. The molecule has 0 saturated heterocycles. The van der Waals surface area contributed by atoms with Crippen LogP contribution in [0.5, 0.6) is 0 Å². The Bertz CT molecular complexity index is 921. The third-order valence-electron chi connectivity index (χ3n) is 4.07. The first-order chi connectivity index (χ1) is 13.2. The van der Waals surface area contributed by atoms with Crippen LogP contribution in [0.3, 0.4) is 0 Å². The lowest BCUT2D eigenvalue weighted by Gasteiger charge is -2.10. The van der Waals surface area contributed by atoms with E-state index in [0.29, 0.717) is 11.7 Å². The van der Waals surface area contributed by atoms with Gasteiger partial charge in [0.25, 0.3) is 0 Å². The van der Waals surface area contributed by atoms with Crippen molar-refractivity contribution in [2.45, 2.75) is 25.0 Å². The van der Waals surface area contributed by atoms with Crippen molar-refractivity contribution in [3.8, 4) is 11.4 Å². The Labute approximate surface area is 163 Å². The molecule has 0 fully saturated rings. The summed E-state index contributed by atoms with van der Waals surface area (Å²) in [4.78, 5) is 12.4. The van der Waals surface area contributed by atoms with E-state index in [1.54, 1.807) is 6.08 Å². The summed E-state index contributed by atoms with van der Waals surface area (Å²) in [6.45, 7) is 6.47. The van der Waals surface area contributed by atoms with Crippen molar-refractivity contribution in [3.05, 3.63) is 72.8 Å². The van der Waals surface area contributed by atoms with Crippen LogP contribution < -0.4 is 5.32 Å². The first-order valence-corrected chi connectivity index (χ1v) is 9.81. The minimum absolute atomic E-state index is 0.0599. The third-order valence-corrected chi connectivity index (χ3v) is 5.03. The van der Waals surface area contributed by atoms with Gasteiger partial charge in [0.2, 0.25) is 5.91 Å². The van der Waals surface area contributed by atoms with Gasteiger partial charge in [-0.1, -0.05) is 73.3 Å². The molecule has 1 heterocycles. The fraction of sp³-hybridized carbons (Fsp3) is 0.190. The summed E-state index contributed by atoms with van der Waals surface area (Å²) in [5, 5.41) is 12.3. The first kappa shape index (κ1) is 18.9. The van der Waals surface area contributed by atoms with Crippen LogP contribution in [0, 0.1) is 0 Å². The molecule has 1 aromatic heterocycles. The van der Waals surface area contributed by atoms with Crippen LogP contribution in [-0.2, 0) is 17.8 Å². The van der Waals surface area contributed by atoms with Gasteiger partial charge in [-0.05, 0) is 18.1 Å². The third kappa shape index (κ3) is 4.65. The van der Waals surface area contributed by atoms with E-state index < -0.39 is 0 Å². The second-order valence-corrected chi connectivity index (χ2v) is 6.86. The molecule has 138 valence electrons. The van der Waals surface area contributed by atoms with E-state index in [2.05, 4.69) is 29.0 Å². The number of nitrogens with zero attached hydrogens (tertiary/aromatic N) is 3. The fourth-order valence-corrected chi connectivity index (χ4v) is 3.50. The highest BCUT2D eigenvalue weighted by atomic mass is 32.2. The number of para-hydroxylation sites is 1. The number of rotatable bonds is 8. The maximum absolute atomic E-state index is 12.4. The first-order valence-electron chi connectivity index (χ1n) is 8.83. The van der Waals surface area contributed by atoms with E-state index in [4.69, 9.17) is 0 Å². The number of anilines is 1. The Hall–Kier alpha value is -2.86. The number of nitrogens with one attached hydrogen (secondary N) is 1. The molecule has 0 atom stereocenters. The highest BCUT2D eigenvalue weighted by molar-refractivity contribution is 7.99. The predicted octanol–water partition coefficient (Wildman–Crippen LogP) is 4.42. The van der Waals surface area contributed by atoms with Gasteiger partial charge in [0.05, 0.1) is 5.75 Å². The molecule has 0 aliphatic rings. The highest BCUT2D eigenvalue weighted by Gasteiger charge is 2.15. The van der Waals surface area contributed by atoms with Crippen molar-refractivity contribution in [1.82, 2.24) is 14.8 Å². The number of carbonyl (C=O) groups excluding carboxylic acids is 1. The van der Waals surface area contributed by atoms with Gasteiger partial charge < -0.3 is 5.32 Å². The van der Waals surface area contributed by atoms with Crippen LogP contribution in [0.1, 0.15) is 12.5 Å². The summed E-state index contributed by atoms with van der Waals surface area (Å²) in [6, 6.07) is 17.7.